The molecule has 0 aliphatic carbocycles. The summed E-state index contributed by atoms with van der Waals surface area (Å²) in [4.78, 5) is 11.8. The molecule has 0 aromatic heterocycles. The molecule has 5 heteroatoms. The molecular formula is C16H15ClFNO2. The zero-order valence-electron chi connectivity index (χ0n) is 11.5. The zero-order valence-corrected chi connectivity index (χ0v) is 12.3. The molecule has 2 aromatic rings. The molecule has 2 rings (SSSR count). The molecule has 0 saturated heterocycles. The van der Waals surface area contributed by atoms with E-state index < -0.39 is 11.7 Å². The van der Waals surface area contributed by atoms with Crippen molar-refractivity contribution < 1.29 is 13.9 Å². The Bertz CT molecular complexity index is 646. The lowest BCUT2D eigenvalue weighted by Gasteiger charge is -2.10. The fourth-order valence-electron chi connectivity index (χ4n) is 1.81. The first-order valence-corrected chi connectivity index (χ1v) is 6.87. The number of nitrogens with one attached hydrogen (secondary N) is 1. The average molecular weight is 308 g/mol. The van der Waals surface area contributed by atoms with Gasteiger partial charge in [0.2, 0.25) is 0 Å². The van der Waals surface area contributed by atoms with Gasteiger partial charge in [0.05, 0.1) is 12.1 Å². The van der Waals surface area contributed by atoms with Gasteiger partial charge in [-0.25, -0.2) is 4.39 Å². The summed E-state index contributed by atoms with van der Waals surface area (Å²) >= 11 is 5.64. The highest BCUT2D eigenvalue weighted by molar-refractivity contribution is 6.30. The number of ether oxygens (including phenoxy) is 1. The third-order valence-electron chi connectivity index (χ3n) is 2.91. The first kappa shape index (κ1) is 15.3. The lowest BCUT2D eigenvalue weighted by molar-refractivity contribution is 0.0943. The standard InChI is InChI=1S/C16H15ClFNO2/c1-11-4-2-3-5-15(11)21-9-8-19-16(20)13-7-6-12(17)10-14(13)18/h2-7,10H,8-9H2,1H3,(H,19,20). The number of hydrogen-bond donors (Lipinski definition) is 1. The van der Waals surface area contributed by atoms with Gasteiger partial charge < -0.3 is 10.1 Å². The van der Waals surface area contributed by atoms with Crippen molar-refractivity contribution in [2.45, 2.75) is 6.92 Å². The van der Waals surface area contributed by atoms with Crippen molar-refractivity contribution in [3.05, 3.63) is 64.4 Å². The fraction of sp³-hybridized carbons (Fsp3) is 0.188. The number of amides is 1. The molecule has 0 saturated carbocycles. The number of rotatable bonds is 5. The quantitative estimate of drug-likeness (QED) is 0.857. The van der Waals surface area contributed by atoms with Crippen LogP contribution in [-0.4, -0.2) is 19.1 Å². The third kappa shape index (κ3) is 4.20. The summed E-state index contributed by atoms with van der Waals surface area (Å²) in [7, 11) is 0. The van der Waals surface area contributed by atoms with Gasteiger partial charge in [0.1, 0.15) is 18.2 Å². The largest absolute Gasteiger partial charge is 0.491 e. The van der Waals surface area contributed by atoms with Crippen molar-refractivity contribution in [2.75, 3.05) is 13.2 Å². The van der Waals surface area contributed by atoms with Crippen LogP contribution in [-0.2, 0) is 0 Å². The summed E-state index contributed by atoms with van der Waals surface area (Å²) in [5.74, 6) is -0.359. The van der Waals surface area contributed by atoms with Gasteiger partial charge in [-0.05, 0) is 36.8 Å². The van der Waals surface area contributed by atoms with E-state index in [1.807, 2.05) is 31.2 Å². The van der Waals surface area contributed by atoms with E-state index in [-0.39, 0.29) is 17.1 Å². The molecule has 0 heterocycles. The van der Waals surface area contributed by atoms with E-state index in [2.05, 4.69) is 5.32 Å². The Morgan fingerprint density at radius 3 is 2.76 bits per heavy atom. The Morgan fingerprint density at radius 1 is 1.29 bits per heavy atom. The topological polar surface area (TPSA) is 38.3 Å². The molecule has 21 heavy (non-hydrogen) atoms. The SMILES string of the molecule is Cc1ccccc1OCCNC(=O)c1ccc(Cl)cc1F. The third-order valence-corrected chi connectivity index (χ3v) is 3.15. The van der Waals surface area contributed by atoms with E-state index in [1.54, 1.807) is 0 Å². The minimum absolute atomic E-state index is 0.0321. The van der Waals surface area contributed by atoms with Gasteiger partial charge in [-0.15, -0.1) is 0 Å². The summed E-state index contributed by atoms with van der Waals surface area (Å²) in [5.41, 5.74) is 0.989. The first-order chi connectivity index (χ1) is 10.1. The first-order valence-electron chi connectivity index (χ1n) is 6.49. The average Bonchev–Trinajstić information content (AvgIpc) is 2.45. The maximum atomic E-state index is 13.6. The Morgan fingerprint density at radius 2 is 2.05 bits per heavy atom. The molecule has 1 N–H and O–H groups in total. The molecule has 3 nitrogen and oxygen atoms in total. The summed E-state index contributed by atoms with van der Waals surface area (Å²) in [6.45, 7) is 2.54. The Labute approximate surface area is 127 Å². The molecule has 2 aromatic carbocycles. The Kier molecular flexibility index (Phi) is 5.17. The highest BCUT2D eigenvalue weighted by Gasteiger charge is 2.11. The maximum absolute atomic E-state index is 13.6. The van der Waals surface area contributed by atoms with Crippen LogP contribution in [0.5, 0.6) is 5.75 Å². The van der Waals surface area contributed by atoms with Crippen LogP contribution in [0.4, 0.5) is 4.39 Å². The summed E-state index contributed by atoms with van der Waals surface area (Å²) < 4.78 is 19.1. The second-order valence-corrected chi connectivity index (χ2v) is 4.93. The summed E-state index contributed by atoms with van der Waals surface area (Å²) in [6, 6.07) is 11.5. The minimum Gasteiger partial charge on any atom is -0.491 e. The number of aryl methyl sites for hydroxylation is 1. The minimum atomic E-state index is -0.639. The molecular weight excluding hydrogens is 293 g/mol. The molecule has 0 aliphatic heterocycles. The van der Waals surface area contributed by atoms with Crippen LogP contribution < -0.4 is 10.1 Å². The predicted molar refractivity (Wildman–Crippen MR) is 80.4 cm³/mol. The van der Waals surface area contributed by atoms with Crippen molar-refractivity contribution in [1.82, 2.24) is 5.32 Å². The monoisotopic (exact) mass is 307 g/mol. The van der Waals surface area contributed by atoms with Crippen molar-refractivity contribution in [3.8, 4) is 5.75 Å². The second kappa shape index (κ2) is 7.09. The number of benzene rings is 2. The normalized spacial score (nSPS) is 10.2. The van der Waals surface area contributed by atoms with E-state index in [1.165, 1.54) is 12.1 Å². The summed E-state index contributed by atoms with van der Waals surface area (Å²) in [5, 5.41) is 2.86. The number of halogens is 2. The molecule has 110 valence electrons. The van der Waals surface area contributed by atoms with Gasteiger partial charge in [0.15, 0.2) is 0 Å². The Hall–Kier alpha value is -2.07. The van der Waals surface area contributed by atoms with Crippen LogP contribution in [0.15, 0.2) is 42.5 Å². The molecule has 1 amide bonds. The Balaban J connectivity index is 1.83. The van der Waals surface area contributed by atoms with E-state index >= 15 is 0 Å². The second-order valence-electron chi connectivity index (χ2n) is 4.49. The number of para-hydroxylation sites is 1. The van der Waals surface area contributed by atoms with Crippen LogP contribution in [0, 0.1) is 12.7 Å². The van der Waals surface area contributed by atoms with Gasteiger partial charge in [-0.3, -0.25) is 4.79 Å². The molecule has 0 unspecified atom stereocenters. The van der Waals surface area contributed by atoms with E-state index in [0.717, 1.165) is 17.4 Å². The van der Waals surface area contributed by atoms with Crippen LogP contribution in [0.2, 0.25) is 5.02 Å². The smallest absolute Gasteiger partial charge is 0.254 e. The molecule has 0 fully saturated rings. The van der Waals surface area contributed by atoms with Crippen molar-refractivity contribution >= 4 is 17.5 Å². The van der Waals surface area contributed by atoms with Crippen LogP contribution in [0.25, 0.3) is 0 Å². The van der Waals surface area contributed by atoms with E-state index in [0.29, 0.717) is 6.61 Å². The number of carbonyl (C=O) groups is 1. The van der Waals surface area contributed by atoms with Crippen LogP contribution in [0.3, 0.4) is 0 Å². The van der Waals surface area contributed by atoms with Gasteiger partial charge >= 0.3 is 0 Å². The van der Waals surface area contributed by atoms with Gasteiger partial charge in [0, 0.05) is 5.02 Å². The predicted octanol–water partition coefficient (Wildman–Crippen LogP) is 3.60. The maximum Gasteiger partial charge on any atom is 0.254 e. The van der Waals surface area contributed by atoms with Crippen LogP contribution >= 0.6 is 11.6 Å². The summed E-state index contributed by atoms with van der Waals surface area (Å²) in [6.07, 6.45) is 0. The van der Waals surface area contributed by atoms with Gasteiger partial charge in [-0.2, -0.15) is 0 Å². The lowest BCUT2D eigenvalue weighted by atomic mass is 10.2. The fourth-order valence-corrected chi connectivity index (χ4v) is 1.97. The molecule has 0 aliphatic rings. The zero-order chi connectivity index (χ0) is 15.2. The van der Waals surface area contributed by atoms with E-state index in [4.69, 9.17) is 16.3 Å². The molecule has 0 bridgehead atoms. The highest BCUT2D eigenvalue weighted by Crippen LogP contribution is 2.16. The van der Waals surface area contributed by atoms with Crippen LogP contribution in [0.1, 0.15) is 15.9 Å². The molecule has 0 spiro atoms. The van der Waals surface area contributed by atoms with Gasteiger partial charge in [-0.1, -0.05) is 29.8 Å². The van der Waals surface area contributed by atoms with Crippen molar-refractivity contribution in [3.63, 3.8) is 0 Å². The van der Waals surface area contributed by atoms with Gasteiger partial charge in [0.25, 0.3) is 5.91 Å². The van der Waals surface area contributed by atoms with E-state index in [9.17, 15) is 9.18 Å². The molecule has 0 atom stereocenters. The molecule has 0 radical (unpaired) electrons. The van der Waals surface area contributed by atoms with Crippen molar-refractivity contribution in [1.29, 1.82) is 0 Å². The highest BCUT2D eigenvalue weighted by atomic mass is 35.5. The lowest BCUT2D eigenvalue weighted by Crippen LogP contribution is -2.28. The number of carbonyl (C=O) groups excluding carboxylic acids is 1. The van der Waals surface area contributed by atoms with Crippen molar-refractivity contribution in [2.24, 2.45) is 0 Å². The number of hydrogen-bond acceptors (Lipinski definition) is 2.